The molecule has 0 amide bonds. The van der Waals surface area contributed by atoms with Gasteiger partial charge in [-0.2, -0.15) is 5.26 Å². The van der Waals surface area contributed by atoms with Crippen molar-refractivity contribution in [1.82, 2.24) is 0 Å². The van der Waals surface area contributed by atoms with Crippen molar-refractivity contribution in [1.29, 1.82) is 5.26 Å². The largest absolute Gasteiger partial charge is 0.457 e. The van der Waals surface area contributed by atoms with Gasteiger partial charge < -0.3 is 9.47 Å². The molecule has 0 unspecified atom stereocenters. The molecule has 0 bridgehead atoms. The molecule has 0 fully saturated rings. The summed E-state index contributed by atoms with van der Waals surface area (Å²) in [7, 11) is 0. The molecule has 3 aromatic rings. The van der Waals surface area contributed by atoms with E-state index in [1.165, 1.54) is 0 Å². The molecule has 0 aromatic heterocycles. The van der Waals surface area contributed by atoms with Crippen molar-refractivity contribution in [3.63, 3.8) is 0 Å². The molecule has 3 nitrogen and oxygen atoms in total. The number of benzene rings is 3. The fourth-order valence-electron chi connectivity index (χ4n) is 1.98. The Bertz CT molecular complexity index is 793. The van der Waals surface area contributed by atoms with Crippen molar-refractivity contribution in [2.45, 2.75) is 0 Å². The van der Waals surface area contributed by atoms with Gasteiger partial charge in [-0.25, -0.2) is 0 Å². The first kappa shape index (κ1) is 13.7. The highest BCUT2D eigenvalue weighted by atomic mass is 16.5. The third kappa shape index (κ3) is 3.25. The lowest BCUT2D eigenvalue weighted by Crippen LogP contribution is -1.90. The molecule has 106 valence electrons. The number of ether oxygens (including phenoxy) is 2. The monoisotopic (exact) mass is 287 g/mol. The molecule has 0 aliphatic heterocycles. The van der Waals surface area contributed by atoms with Gasteiger partial charge in [-0.1, -0.05) is 36.4 Å². The molecule has 0 aliphatic rings. The van der Waals surface area contributed by atoms with Crippen LogP contribution in [0, 0.1) is 11.3 Å². The molecule has 3 rings (SSSR count). The number of nitriles is 1. The highest BCUT2D eigenvalue weighted by molar-refractivity contribution is 5.50. The first-order chi connectivity index (χ1) is 10.8. The van der Waals surface area contributed by atoms with Gasteiger partial charge in [0, 0.05) is 6.07 Å². The molecule has 22 heavy (non-hydrogen) atoms. The van der Waals surface area contributed by atoms with Crippen molar-refractivity contribution in [3.8, 4) is 29.1 Å². The third-order valence-corrected chi connectivity index (χ3v) is 3.02. The minimum atomic E-state index is 0.462. The topological polar surface area (TPSA) is 42.2 Å². The Kier molecular flexibility index (Phi) is 4.03. The van der Waals surface area contributed by atoms with E-state index >= 15 is 0 Å². The number of para-hydroxylation sites is 2. The van der Waals surface area contributed by atoms with Crippen LogP contribution in [0.25, 0.3) is 0 Å². The van der Waals surface area contributed by atoms with E-state index < -0.39 is 0 Å². The van der Waals surface area contributed by atoms with Crippen molar-refractivity contribution in [2.24, 2.45) is 0 Å². The number of nitrogens with zero attached hydrogens (tertiary/aromatic N) is 1. The predicted octanol–water partition coefficient (Wildman–Crippen LogP) is 5.14. The van der Waals surface area contributed by atoms with Crippen LogP contribution in [0.2, 0.25) is 0 Å². The molecular weight excluding hydrogens is 274 g/mol. The first-order valence-electron chi connectivity index (χ1n) is 6.85. The van der Waals surface area contributed by atoms with Gasteiger partial charge in [0.25, 0.3) is 0 Å². The van der Waals surface area contributed by atoms with Gasteiger partial charge in [0.05, 0.1) is 5.56 Å². The van der Waals surface area contributed by atoms with Crippen LogP contribution in [0.1, 0.15) is 5.56 Å². The summed E-state index contributed by atoms with van der Waals surface area (Å²) in [6.07, 6.45) is 0. The first-order valence-corrected chi connectivity index (χ1v) is 6.85. The second-order valence-corrected chi connectivity index (χ2v) is 4.60. The fourth-order valence-corrected chi connectivity index (χ4v) is 1.98. The minimum Gasteiger partial charge on any atom is -0.457 e. The van der Waals surface area contributed by atoms with Crippen LogP contribution in [0.15, 0.2) is 78.9 Å². The highest BCUT2D eigenvalue weighted by Crippen LogP contribution is 2.31. The Labute approximate surface area is 129 Å². The zero-order valence-electron chi connectivity index (χ0n) is 11.8. The molecule has 0 aliphatic carbocycles. The van der Waals surface area contributed by atoms with Crippen LogP contribution in [-0.2, 0) is 0 Å². The van der Waals surface area contributed by atoms with E-state index in [2.05, 4.69) is 6.07 Å². The lowest BCUT2D eigenvalue weighted by Gasteiger charge is -2.10. The molecule has 0 N–H and O–H groups in total. The SMILES string of the molecule is N#Cc1ccc(Oc2ccccc2)cc1Oc1ccccc1. The van der Waals surface area contributed by atoms with E-state index in [1.807, 2.05) is 60.7 Å². The zero-order chi connectivity index (χ0) is 15.2. The summed E-state index contributed by atoms with van der Waals surface area (Å²) in [5.74, 6) is 2.51. The van der Waals surface area contributed by atoms with Crippen LogP contribution in [0.5, 0.6) is 23.0 Å². The molecule has 3 heteroatoms. The van der Waals surface area contributed by atoms with Crippen molar-refractivity contribution in [3.05, 3.63) is 84.4 Å². The van der Waals surface area contributed by atoms with Crippen molar-refractivity contribution in [2.75, 3.05) is 0 Å². The Hall–Kier alpha value is -3.25. The van der Waals surface area contributed by atoms with Gasteiger partial charge in [0.1, 0.15) is 29.1 Å². The quantitative estimate of drug-likeness (QED) is 0.667. The van der Waals surface area contributed by atoms with Crippen molar-refractivity contribution < 1.29 is 9.47 Å². The number of rotatable bonds is 4. The van der Waals surface area contributed by atoms with Crippen LogP contribution >= 0.6 is 0 Å². The van der Waals surface area contributed by atoms with E-state index in [-0.39, 0.29) is 0 Å². The third-order valence-electron chi connectivity index (χ3n) is 3.02. The van der Waals surface area contributed by atoms with Crippen molar-refractivity contribution >= 4 is 0 Å². The maximum absolute atomic E-state index is 9.21. The van der Waals surface area contributed by atoms with Crippen LogP contribution in [0.3, 0.4) is 0 Å². The average Bonchev–Trinajstić information content (AvgIpc) is 2.57. The molecule has 0 radical (unpaired) electrons. The highest BCUT2D eigenvalue weighted by Gasteiger charge is 2.07. The molecular formula is C19H13NO2. The Balaban J connectivity index is 1.88. The maximum Gasteiger partial charge on any atom is 0.148 e. The van der Waals surface area contributed by atoms with Gasteiger partial charge in [-0.05, 0) is 36.4 Å². The zero-order valence-corrected chi connectivity index (χ0v) is 11.8. The Morgan fingerprint density at radius 3 is 1.82 bits per heavy atom. The van der Waals surface area contributed by atoms with Crippen LogP contribution < -0.4 is 9.47 Å². The smallest absolute Gasteiger partial charge is 0.148 e. The molecule has 0 atom stereocenters. The Morgan fingerprint density at radius 1 is 0.636 bits per heavy atom. The molecule has 3 aromatic carbocycles. The maximum atomic E-state index is 9.21. The summed E-state index contributed by atoms with van der Waals surface area (Å²) in [4.78, 5) is 0. The van der Waals surface area contributed by atoms with Crippen LogP contribution in [-0.4, -0.2) is 0 Å². The van der Waals surface area contributed by atoms with E-state index in [0.717, 1.165) is 5.75 Å². The van der Waals surface area contributed by atoms with Gasteiger partial charge in [0.15, 0.2) is 0 Å². The van der Waals surface area contributed by atoms with Crippen LogP contribution in [0.4, 0.5) is 0 Å². The van der Waals surface area contributed by atoms with E-state index in [1.54, 1.807) is 18.2 Å². The summed E-state index contributed by atoms with van der Waals surface area (Å²) in [5, 5.41) is 9.21. The lowest BCUT2D eigenvalue weighted by atomic mass is 10.2. The number of hydrogen-bond acceptors (Lipinski definition) is 3. The predicted molar refractivity (Wildman–Crippen MR) is 84.2 cm³/mol. The summed E-state index contributed by atoms with van der Waals surface area (Å²) in [6, 6.07) is 26.1. The van der Waals surface area contributed by atoms with E-state index in [4.69, 9.17) is 9.47 Å². The second kappa shape index (κ2) is 6.47. The summed E-state index contributed by atoms with van der Waals surface area (Å²) >= 11 is 0. The van der Waals surface area contributed by atoms with E-state index in [9.17, 15) is 5.26 Å². The lowest BCUT2D eigenvalue weighted by molar-refractivity contribution is 0.459. The number of hydrogen-bond donors (Lipinski definition) is 0. The Morgan fingerprint density at radius 2 is 1.23 bits per heavy atom. The second-order valence-electron chi connectivity index (χ2n) is 4.60. The standard InChI is InChI=1S/C19H13NO2/c20-14-15-11-12-18(21-16-7-3-1-4-8-16)13-19(15)22-17-9-5-2-6-10-17/h1-13H. The summed E-state index contributed by atoms with van der Waals surface area (Å²) < 4.78 is 11.5. The summed E-state index contributed by atoms with van der Waals surface area (Å²) in [5.41, 5.74) is 0.462. The molecule has 0 saturated carbocycles. The normalized spacial score (nSPS) is 9.77. The average molecular weight is 287 g/mol. The molecule has 0 saturated heterocycles. The molecule has 0 heterocycles. The van der Waals surface area contributed by atoms with Gasteiger partial charge in [-0.15, -0.1) is 0 Å². The van der Waals surface area contributed by atoms with Gasteiger partial charge in [-0.3, -0.25) is 0 Å². The summed E-state index contributed by atoms with van der Waals surface area (Å²) in [6.45, 7) is 0. The van der Waals surface area contributed by atoms with Gasteiger partial charge >= 0.3 is 0 Å². The minimum absolute atomic E-state index is 0.462. The molecule has 0 spiro atoms. The van der Waals surface area contributed by atoms with E-state index in [0.29, 0.717) is 22.8 Å². The van der Waals surface area contributed by atoms with Gasteiger partial charge in [0.2, 0.25) is 0 Å². The fraction of sp³-hybridized carbons (Fsp3) is 0.